The maximum atomic E-state index is 12.7. The molecule has 1 atom stereocenters. The van der Waals surface area contributed by atoms with Crippen LogP contribution < -0.4 is 9.47 Å². The molecule has 1 saturated heterocycles. The van der Waals surface area contributed by atoms with Gasteiger partial charge in [0.2, 0.25) is 6.79 Å². The molecule has 6 heteroatoms. The van der Waals surface area contributed by atoms with Crippen molar-refractivity contribution in [1.29, 1.82) is 0 Å². The topological polar surface area (TPSA) is 62.2 Å². The summed E-state index contributed by atoms with van der Waals surface area (Å²) in [6, 6.07) is 5.40. The number of hydrogen-bond acceptors (Lipinski definition) is 5. The zero-order valence-corrected chi connectivity index (χ0v) is 12.8. The molecule has 2 aliphatic rings. The molecule has 1 amide bonds. The first-order valence-electron chi connectivity index (χ1n) is 7.77. The highest BCUT2D eigenvalue weighted by Gasteiger charge is 2.28. The molecular weight excluding hydrogens is 284 g/mol. The number of hydrogen-bond donors (Lipinski definition) is 1. The fraction of sp³-hybridized carbons (Fsp3) is 0.562. The minimum Gasteiger partial charge on any atom is -0.454 e. The molecule has 120 valence electrons. The third kappa shape index (κ3) is 3.03. The van der Waals surface area contributed by atoms with Crippen molar-refractivity contribution in [2.75, 3.05) is 39.5 Å². The Kier molecular flexibility index (Phi) is 4.49. The minimum absolute atomic E-state index is 0.0157. The number of nitrogens with zero attached hydrogens (tertiary/aromatic N) is 2. The molecule has 1 aromatic carbocycles. The summed E-state index contributed by atoms with van der Waals surface area (Å²) >= 11 is 0. The number of β-amino-alcohol motifs (C(OH)–C–C–N with tert-alkyl or cyclic N) is 1. The molecule has 2 aliphatic heterocycles. The van der Waals surface area contributed by atoms with E-state index in [-0.39, 0.29) is 18.8 Å². The Morgan fingerprint density at radius 2 is 2.05 bits per heavy atom. The fourth-order valence-corrected chi connectivity index (χ4v) is 2.83. The monoisotopic (exact) mass is 306 g/mol. The van der Waals surface area contributed by atoms with Crippen molar-refractivity contribution in [3.05, 3.63) is 23.8 Å². The Labute approximate surface area is 130 Å². The summed E-state index contributed by atoms with van der Waals surface area (Å²) in [6.07, 6.45) is 0.470. The van der Waals surface area contributed by atoms with Crippen LogP contribution in [0.15, 0.2) is 18.2 Å². The van der Waals surface area contributed by atoms with E-state index in [1.165, 1.54) is 0 Å². The predicted molar refractivity (Wildman–Crippen MR) is 81.2 cm³/mol. The van der Waals surface area contributed by atoms with Gasteiger partial charge in [-0.05, 0) is 18.6 Å². The highest BCUT2D eigenvalue weighted by atomic mass is 16.7. The quantitative estimate of drug-likeness (QED) is 0.897. The minimum atomic E-state index is -0.287. The molecule has 1 fully saturated rings. The van der Waals surface area contributed by atoms with Crippen LogP contribution >= 0.6 is 0 Å². The van der Waals surface area contributed by atoms with Crippen molar-refractivity contribution >= 4 is 5.91 Å². The summed E-state index contributed by atoms with van der Waals surface area (Å²) in [5, 5.41) is 9.72. The van der Waals surface area contributed by atoms with Crippen molar-refractivity contribution in [3.8, 4) is 11.5 Å². The Hall–Kier alpha value is -1.79. The summed E-state index contributed by atoms with van der Waals surface area (Å²) < 4.78 is 10.7. The molecule has 2 heterocycles. The van der Waals surface area contributed by atoms with Gasteiger partial charge >= 0.3 is 0 Å². The van der Waals surface area contributed by atoms with E-state index >= 15 is 0 Å². The van der Waals surface area contributed by atoms with Crippen molar-refractivity contribution < 1.29 is 19.4 Å². The largest absolute Gasteiger partial charge is 0.454 e. The lowest BCUT2D eigenvalue weighted by Gasteiger charge is -2.35. The molecule has 0 saturated carbocycles. The molecular formula is C16H22N2O4. The molecule has 0 unspecified atom stereocenters. The highest BCUT2D eigenvalue weighted by molar-refractivity contribution is 5.98. The number of aliphatic hydroxyl groups is 1. The van der Waals surface area contributed by atoms with Crippen molar-refractivity contribution in [2.45, 2.75) is 19.4 Å². The van der Waals surface area contributed by atoms with E-state index in [9.17, 15) is 9.90 Å². The van der Waals surface area contributed by atoms with Gasteiger partial charge in [-0.15, -0.1) is 0 Å². The van der Waals surface area contributed by atoms with Crippen LogP contribution in [0.3, 0.4) is 0 Å². The standard InChI is InChI=1S/C16H22N2O4/c1-2-12(19)10-17-6-8-18(9-7-17)16(20)13-4-3-5-14-15(13)22-11-21-14/h3-5,12,19H,2,6-11H2,1H3/t12-/m1/s1. The number of piperazine rings is 1. The van der Waals surface area contributed by atoms with E-state index in [2.05, 4.69) is 4.90 Å². The van der Waals surface area contributed by atoms with Gasteiger partial charge in [-0.25, -0.2) is 0 Å². The van der Waals surface area contributed by atoms with Gasteiger partial charge in [0.15, 0.2) is 11.5 Å². The summed E-state index contributed by atoms with van der Waals surface area (Å²) in [6.45, 7) is 5.73. The van der Waals surface area contributed by atoms with Gasteiger partial charge < -0.3 is 19.5 Å². The molecule has 1 aromatic rings. The summed E-state index contributed by atoms with van der Waals surface area (Å²) in [5.41, 5.74) is 0.567. The first-order chi connectivity index (χ1) is 10.7. The van der Waals surface area contributed by atoms with Crippen molar-refractivity contribution in [1.82, 2.24) is 9.80 Å². The molecule has 3 rings (SSSR count). The van der Waals surface area contributed by atoms with Gasteiger partial charge in [0.1, 0.15) is 0 Å². The third-order valence-electron chi connectivity index (χ3n) is 4.23. The third-order valence-corrected chi connectivity index (χ3v) is 4.23. The smallest absolute Gasteiger partial charge is 0.257 e. The van der Waals surface area contributed by atoms with E-state index in [0.717, 1.165) is 19.5 Å². The van der Waals surface area contributed by atoms with Crippen LogP contribution in [0.25, 0.3) is 0 Å². The maximum Gasteiger partial charge on any atom is 0.257 e. The van der Waals surface area contributed by atoms with Crippen molar-refractivity contribution in [3.63, 3.8) is 0 Å². The van der Waals surface area contributed by atoms with E-state index in [4.69, 9.17) is 9.47 Å². The summed E-state index contributed by atoms with van der Waals surface area (Å²) in [4.78, 5) is 16.7. The second-order valence-corrected chi connectivity index (χ2v) is 5.69. The molecule has 22 heavy (non-hydrogen) atoms. The predicted octanol–water partition coefficient (Wildman–Crippen LogP) is 0.944. The first kappa shape index (κ1) is 15.1. The Bertz CT molecular complexity index is 541. The Morgan fingerprint density at radius 3 is 2.77 bits per heavy atom. The fourth-order valence-electron chi connectivity index (χ4n) is 2.83. The van der Waals surface area contributed by atoms with E-state index in [1.54, 1.807) is 6.07 Å². The van der Waals surface area contributed by atoms with Crippen LogP contribution in [0.4, 0.5) is 0 Å². The molecule has 1 N–H and O–H groups in total. The van der Waals surface area contributed by atoms with Crippen LogP contribution in [0.2, 0.25) is 0 Å². The number of ether oxygens (including phenoxy) is 2. The van der Waals surface area contributed by atoms with Gasteiger partial charge in [0.05, 0.1) is 11.7 Å². The number of carbonyl (C=O) groups excluding carboxylic acids is 1. The Morgan fingerprint density at radius 1 is 1.27 bits per heavy atom. The number of carbonyl (C=O) groups is 1. The molecule has 0 radical (unpaired) electrons. The lowest BCUT2D eigenvalue weighted by Crippen LogP contribution is -2.50. The number of amides is 1. The molecule has 0 bridgehead atoms. The Balaban J connectivity index is 1.62. The summed E-state index contributed by atoms with van der Waals surface area (Å²) in [5.74, 6) is 1.17. The molecule has 0 aromatic heterocycles. The molecule has 0 aliphatic carbocycles. The number of para-hydroxylation sites is 1. The van der Waals surface area contributed by atoms with Crippen LogP contribution in [0.5, 0.6) is 11.5 Å². The lowest BCUT2D eigenvalue weighted by molar-refractivity contribution is 0.0521. The van der Waals surface area contributed by atoms with E-state index in [0.29, 0.717) is 36.7 Å². The SMILES string of the molecule is CC[C@@H](O)CN1CCN(C(=O)c2cccc3c2OCO3)CC1. The number of benzene rings is 1. The summed E-state index contributed by atoms with van der Waals surface area (Å²) in [7, 11) is 0. The lowest BCUT2D eigenvalue weighted by atomic mass is 10.1. The second-order valence-electron chi connectivity index (χ2n) is 5.69. The van der Waals surface area contributed by atoms with Gasteiger partial charge in [-0.3, -0.25) is 9.69 Å². The van der Waals surface area contributed by atoms with Crippen LogP contribution in [-0.2, 0) is 0 Å². The van der Waals surface area contributed by atoms with Crippen LogP contribution in [0.1, 0.15) is 23.7 Å². The molecule has 6 nitrogen and oxygen atoms in total. The van der Waals surface area contributed by atoms with Crippen LogP contribution in [-0.4, -0.2) is 66.4 Å². The zero-order valence-electron chi connectivity index (χ0n) is 12.8. The maximum absolute atomic E-state index is 12.7. The first-order valence-corrected chi connectivity index (χ1v) is 7.77. The zero-order chi connectivity index (χ0) is 15.5. The van der Waals surface area contributed by atoms with Gasteiger partial charge in [-0.2, -0.15) is 0 Å². The number of fused-ring (bicyclic) bond motifs is 1. The molecule has 0 spiro atoms. The highest BCUT2D eigenvalue weighted by Crippen LogP contribution is 2.35. The van der Waals surface area contributed by atoms with Crippen molar-refractivity contribution in [2.24, 2.45) is 0 Å². The van der Waals surface area contributed by atoms with Gasteiger partial charge in [0, 0.05) is 32.7 Å². The average Bonchev–Trinajstić information content (AvgIpc) is 3.03. The number of rotatable bonds is 4. The average molecular weight is 306 g/mol. The number of aliphatic hydroxyl groups excluding tert-OH is 1. The second kappa shape index (κ2) is 6.54. The van der Waals surface area contributed by atoms with Gasteiger partial charge in [-0.1, -0.05) is 13.0 Å². The van der Waals surface area contributed by atoms with E-state index < -0.39 is 0 Å². The normalized spacial score (nSPS) is 19.3. The van der Waals surface area contributed by atoms with Gasteiger partial charge in [0.25, 0.3) is 5.91 Å². The van der Waals surface area contributed by atoms with Crippen LogP contribution in [0, 0.1) is 0 Å². The van der Waals surface area contributed by atoms with E-state index in [1.807, 2.05) is 24.0 Å².